The van der Waals surface area contributed by atoms with Gasteiger partial charge in [-0.15, -0.1) is 6.58 Å². The van der Waals surface area contributed by atoms with Gasteiger partial charge in [0.1, 0.15) is 0 Å². The van der Waals surface area contributed by atoms with Gasteiger partial charge in [-0.1, -0.05) is 29.8 Å². The summed E-state index contributed by atoms with van der Waals surface area (Å²) >= 11 is 0. The number of benzene rings is 2. The summed E-state index contributed by atoms with van der Waals surface area (Å²) in [4.78, 5) is 10.8. The predicted molar refractivity (Wildman–Crippen MR) is 94.8 cm³/mol. The van der Waals surface area contributed by atoms with Crippen molar-refractivity contribution >= 4 is 15.7 Å². The van der Waals surface area contributed by atoms with Gasteiger partial charge in [0.15, 0.2) is 0 Å². The minimum absolute atomic E-state index is 0.000409. The van der Waals surface area contributed by atoms with E-state index in [1.807, 2.05) is 6.92 Å². The highest BCUT2D eigenvalue weighted by Gasteiger charge is 2.33. The van der Waals surface area contributed by atoms with E-state index in [4.69, 9.17) is 0 Å². The van der Waals surface area contributed by atoms with Crippen LogP contribution in [0.1, 0.15) is 22.6 Å². The number of aryl methyl sites for hydroxylation is 1. The summed E-state index contributed by atoms with van der Waals surface area (Å²) in [5.74, 6) is -0.288. The van der Waals surface area contributed by atoms with Crippen molar-refractivity contribution in [2.75, 3.05) is 6.54 Å². The van der Waals surface area contributed by atoms with E-state index in [-0.39, 0.29) is 29.6 Å². The average molecular weight is 358 g/mol. The Morgan fingerprint density at radius 3 is 2.52 bits per heavy atom. The Bertz CT molecular complexity index is 936. The van der Waals surface area contributed by atoms with Crippen molar-refractivity contribution in [1.29, 1.82) is 0 Å². The van der Waals surface area contributed by atoms with Crippen molar-refractivity contribution in [3.8, 4) is 0 Å². The summed E-state index contributed by atoms with van der Waals surface area (Å²) in [5, 5.41) is 11.0. The van der Waals surface area contributed by atoms with Gasteiger partial charge in [-0.25, -0.2) is 8.42 Å². The summed E-state index contributed by atoms with van der Waals surface area (Å²) in [6.07, 6.45) is 1.64. The lowest BCUT2D eigenvalue weighted by atomic mass is 9.90. The van der Waals surface area contributed by atoms with Gasteiger partial charge in [-0.2, -0.15) is 4.31 Å². The number of hydrogen-bond donors (Lipinski definition) is 0. The molecule has 0 aliphatic carbocycles. The second kappa shape index (κ2) is 6.42. The highest BCUT2D eigenvalue weighted by molar-refractivity contribution is 7.89. The molecule has 130 valence electrons. The Balaban J connectivity index is 2.00. The maximum absolute atomic E-state index is 12.9. The topological polar surface area (TPSA) is 80.5 Å². The van der Waals surface area contributed by atoms with Crippen LogP contribution in [0.15, 0.2) is 60.0 Å². The third-order valence-electron chi connectivity index (χ3n) is 4.43. The van der Waals surface area contributed by atoms with E-state index in [1.165, 1.54) is 16.4 Å². The Kier molecular flexibility index (Phi) is 4.45. The second-order valence-corrected chi connectivity index (χ2v) is 8.03. The number of hydrogen-bond acceptors (Lipinski definition) is 4. The molecule has 0 radical (unpaired) electrons. The van der Waals surface area contributed by atoms with Crippen LogP contribution in [-0.2, 0) is 16.6 Å². The summed E-state index contributed by atoms with van der Waals surface area (Å²) in [5.41, 5.74) is 2.51. The van der Waals surface area contributed by atoms with E-state index in [9.17, 15) is 18.5 Å². The standard InChI is InChI=1S/C18H18N2O4S/c1-3-14-11-19(25(23,24)17-8-4-13(2)5-9-17)12-15-6-7-16(20(21)22)10-18(14)15/h3-10,14H,1,11-12H2,2H3. The molecule has 2 aromatic rings. The molecule has 25 heavy (non-hydrogen) atoms. The van der Waals surface area contributed by atoms with Gasteiger partial charge in [0, 0.05) is 31.1 Å². The van der Waals surface area contributed by atoms with Crippen LogP contribution in [0.2, 0.25) is 0 Å². The Morgan fingerprint density at radius 1 is 1.24 bits per heavy atom. The number of rotatable bonds is 4. The molecule has 1 aliphatic rings. The van der Waals surface area contributed by atoms with Crippen molar-refractivity contribution in [2.45, 2.75) is 24.3 Å². The number of nitro benzene ring substituents is 1. The second-order valence-electron chi connectivity index (χ2n) is 6.09. The Hall–Kier alpha value is -2.51. The van der Waals surface area contributed by atoms with Gasteiger partial charge in [-0.3, -0.25) is 10.1 Å². The Labute approximate surface area is 146 Å². The van der Waals surface area contributed by atoms with Crippen molar-refractivity contribution < 1.29 is 13.3 Å². The molecule has 0 fully saturated rings. The van der Waals surface area contributed by atoms with Crippen molar-refractivity contribution in [1.82, 2.24) is 4.31 Å². The minimum Gasteiger partial charge on any atom is -0.258 e. The molecule has 1 atom stereocenters. The van der Waals surface area contributed by atoms with Gasteiger partial charge in [0.25, 0.3) is 5.69 Å². The predicted octanol–water partition coefficient (Wildman–Crippen LogP) is 3.38. The smallest absolute Gasteiger partial charge is 0.258 e. The first-order valence-corrected chi connectivity index (χ1v) is 9.23. The highest BCUT2D eigenvalue weighted by atomic mass is 32.2. The van der Waals surface area contributed by atoms with Crippen molar-refractivity contribution in [2.24, 2.45) is 0 Å². The van der Waals surface area contributed by atoms with Crippen molar-refractivity contribution in [3.63, 3.8) is 0 Å². The largest absolute Gasteiger partial charge is 0.269 e. The lowest BCUT2D eigenvalue weighted by molar-refractivity contribution is -0.385. The van der Waals surface area contributed by atoms with Crippen LogP contribution in [-0.4, -0.2) is 24.2 Å². The summed E-state index contributed by atoms with van der Waals surface area (Å²) in [7, 11) is -3.64. The third kappa shape index (κ3) is 3.20. The quantitative estimate of drug-likeness (QED) is 0.477. The SMILES string of the molecule is C=CC1CN(S(=O)(=O)c2ccc(C)cc2)Cc2ccc([N+](=O)[O-])cc21. The molecule has 0 aromatic heterocycles. The van der Waals surface area contributed by atoms with E-state index in [0.29, 0.717) is 0 Å². The molecule has 0 saturated carbocycles. The minimum atomic E-state index is -3.64. The van der Waals surface area contributed by atoms with Crippen LogP contribution in [0.4, 0.5) is 5.69 Å². The first-order chi connectivity index (χ1) is 11.8. The van der Waals surface area contributed by atoms with Gasteiger partial charge < -0.3 is 0 Å². The molecule has 1 unspecified atom stereocenters. The summed E-state index contributed by atoms with van der Waals surface area (Å²) in [6.45, 7) is 6.07. The average Bonchev–Trinajstić information content (AvgIpc) is 2.60. The Morgan fingerprint density at radius 2 is 1.92 bits per heavy atom. The number of nitrogens with zero attached hydrogens (tertiary/aromatic N) is 2. The lowest BCUT2D eigenvalue weighted by Crippen LogP contribution is -2.37. The lowest BCUT2D eigenvalue weighted by Gasteiger charge is -2.32. The summed E-state index contributed by atoms with van der Waals surface area (Å²) < 4.78 is 27.3. The third-order valence-corrected chi connectivity index (χ3v) is 6.26. The highest BCUT2D eigenvalue weighted by Crippen LogP contribution is 2.34. The van der Waals surface area contributed by atoms with E-state index < -0.39 is 14.9 Å². The van der Waals surface area contributed by atoms with E-state index >= 15 is 0 Å². The normalized spacial score (nSPS) is 17.7. The molecule has 0 bridgehead atoms. The monoisotopic (exact) mass is 358 g/mol. The van der Waals surface area contributed by atoms with Gasteiger partial charge >= 0.3 is 0 Å². The molecular formula is C18H18N2O4S. The first-order valence-electron chi connectivity index (χ1n) is 7.79. The molecule has 0 amide bonds. The van der Waals surface area contributed by atoms with Crippen molar-refractivity contribution in [3.05, 3.63) is 81.9 Å². The molecule has 6 nitrogen and oxygen atoms in total. The maximum atomic E-state index is 12.9. The zero-order valence-electron chi connectivity index (χ0n) is 13.8. The van der Waals surface area contributed by atoms with Crippen LogP contribution in [0.3, 0.4) is 0 Å². The number of fused-ring (bicyclic) bond motifs is 1. The van der Waals surface area contributed by atoms with Crippen LogP contribution in [0.25, 0.3) is 0 Å². The van der Waals surface area contributed by atoms with Gasteiger partial charge in [0.05, 0.1) is 9.82 Å². The van der Waals surface area contributed by atoms with Gasteiger partial charge in [-0.05, 0) is 30.2 Å². The molecule has 1 heterocycles. The molecule has 1 aliphatic heterocycles. The zero-order chi connectivity index (χ0) is 18.2. The molecule has 3 rings (SSSR count). The van der Waals surface area contributed by atoms with E-state index in [2.05, 4.69) is 6.58 Å². The molecule has 0 N–H and O–H groups in total. The number of sulfonamides is 1. The van der Waals surface area contributed by atoms with Crippen LogP contribution >= 0.6 is 0 Å². The van der Waals surface area contributed by atoms with Gasteiger partial charge in [0.2, 0.25) is 10.0 Å². The van der Waals surface area contributed by atoms with Crippen LogP contribution < -0.4 is 0 Å². The fraction of sp³-hybridized carbons (Fsp3) is 0.222. The maximum Gasteiger partial charge on any atom is 0.269 e. The number of nitro groups is 1. The van der Waals surface area contributed by atoms with Crippen LogP contribution in [0, 0.1) is 17.0 Å². The summed E-state index contributed by atoms with van der Waals surface area (Å²) in [6, 6.07) is 11.3. The fourth-order valence-electron chi connectivity index (χ4n) is 3.00. The zero-order valence-corrected chi connectivity index (χ0v) is 14.6. The number of non-ortho nitro benzene ring substituents is 1. The van der Waals surface area contributed by atoms with Crippen LogP contribution in [0.5, 0.6) is 0 Å². The molecule has 0 spiro atoms. The van der Waals surface area contributed by atoms with E-state index in [1.54, 1.807) is 36.4 Å². The molecular weight excluding hydrogens is 340 g/mol. The molecule has 7 heteroatoms. The first kappa shape index (κ1) is 17.3. The fourth-order valence-corrected chi connectivity index (χ4v) is 4.45. The molecule has 2 aromatic carbocycles. The molecule has 0 saturated heterocycles. The van der Waals surface area contributed by atoms with E-state index in [0.717, 1.165) is 16.7 Å².